The average Bonchev–Trinajstić information content (AvgIpc) is 3.36. The zero-order valence-corrected chi connectivity index (χ0v) is 19.6. The van der Waals surface area contributed by atoms with Crippen LogP contribution >= 0.6 is 0 Å². The zero-order valence-electron chi connectivity index (χ0n) is 19.6. The Labute approximate surface area is 200 Å². The Morgan fingerprint density at radius 2 is 1.71 bits per heavy atom. The average molecular weight is 460 g/mol. The van der Waals surface area contributed by atoms with Crippen molar-refractivity contribution in [2.24, 2.45) is 5.92 Å². The number of hydrogen-bond acceptors (Lipinski definition) is 4. The molecule has 1 aromatic heterocycles. The van der Waals surface area contributed by atoms with Gasteiger partial charge in [0.15, 0.2) is 0 Å². The van der Waals surface area contributed by atoms with E-state index in [2.05, 4.69) is 15.2 Å². The van der Waals surface area contributed by atoms with Crippen molar-refractivity contribution in [3.63, 3.8) is 0 Å². The van der Waals surface area contributed by atoms with E-state index >= 15 is 0 Å². The molecule has 2 aliphatic rings. The van der Waals surface area contributed by atoms with Crippen molar-refractivity contribution in [1.29, 1.82) is 0 Å². The van der Waals surface area contributed by atoms with Crippen LogP contribution in [0.3, 0.4) is 0 Å². The van der Waals surface area contributed by atoms with E-state index in [1.807, 2.05) is 65.7 Å². The zero-order chi connectivity index (χ0) is 23.3. The van der Waals surface area contributed by atoms with Crippen molar-refractivity contribution in [3.05, 3.63) is 66.4 Å². The number of rotatable bonds is 6. The van der Waals surface area contributed by atoms with Gasteiger partial charge in [-0.2, -0.15) is 0 Å². The highest BCUT2D eigenvalue weighted by Gasteiger charge is 2.28. The van der Waals surface area contributed by atoms with E-state index in [0.717, 1.165) is 75.2 Å². The first-order valence-corrected chi connectivity index (χ1v) is 12.3. The van der Waals surface area contributed by atoms with Gasteiger partial charge in [0, 0.05) is 68.8 Å². The predicted octanol–water partition coefficient (Wildman–Crippen LogP) is 2.96. The molecule has 178 valence electrons. The molecule has 0 bridgehead atoms. The quantitative estimate of drug-likeness (QED) is 0.595. The Bertz CT molecular complexity index is 1110. The summed E-state index contributed by atoms with van der Waals surface area (Å²) in [6.45, 7) is 7.06. The van der Waals surface area contributed by atoms with Gasteiger partial charge in [0.05, 0.1) is 0 Å². The summed E-state index contributed by atoms with van der Waals surface area (Å²) in [6.07, 6.45) is 3.92. The van der Waals surface area contributed by atoms with Gasteiger partial charge in [-0.25, -0.2) is 0 Å². The first-order valence-electron chi connectivity index (χ1n) is 12.3. The van der Waals surface area contributed by atoms with Crippen LogP contribution in [-0.4, -0.2) is 79.0 Å². The third kappa shape index (κ3) is 5.16. The lowest BCUT2D eigenvalue weighted by Crippen LogP contribution is -2.49. The van der Waals surface area contributed by atoms with Crippen LogP contribution in [0.4, 0.5) is 5.69 Å². The van der Waals surface area contributed by atoms with Gasteiger partial charge < -0.3 is 20.1 Å². The Morgan fingerprint density at radius 3 is 2.47 bits per heavy atom. The van der Waals surface area contributed by atoms with E-state index in [4.69, 9.17) is 0 Å². The third-order valence-electron chi connectivity index (χ3n) is 7.10. The molecular weight excluding hydrogens is 426 g/mol. The summed E-state index contributed by atoms with van der Waals surface area (Å²) in [4.78, 5) is 36.1. The summed E-state index contributed by atoms with van der Waals surface area (Å²) in [6, 6.07) is 17.1. The maximum Gasteiger partial charge on any atom is 0.258 e. The molecule has 0 spiro atoms. The normalized spacial score (nSPS) is 17.7. The number of nitrogens with one attached hydrogen (secondary N) is 2. The van der Waals surface area contributed by atoms with Crippen LogP contribution in [0.15, 0.2) is 60.8 Å². The van der Waals surface area contributed by atoms with Crippen LogP contribution in [0.5, 0.6) is 0 Å². The molecule has 34 heavy (non-hydrogen) atoms. The number of piperazine rings is 1. The molecule has 0 atom stereocenters. The molecule has 0 radical (unpaired) electrons. The number of piperidine rings is 1. The molecule has 3 heterocycles. The molecule has 0 saturated carbocycles. The van der Waals surface area contributed by atoms with E-state index in [9.17, 15) is 9.59 Å². The smallest absolute Gasteiger partial charge is 0.258 e. The van der Waals surface area contributed by atoms with Crippen LogP contribution in [0.25, 0.3) is 10.9 Å². The number of nitrogens with zero attached hydrogens (tertiary/aromatic N) is 3. The molecule has 2 N–H and O–H groups in total. The second kappa shape index (κ2) is 10.4. The number of aromatic nitrogens is 1. The number of hydrogen-bond donors (Lipinski definition) is 2. The Kier molecular flexibility index (Phi) is 6.92. The number of para-hydroxylation sites is 1. The molecule has 7 heteroatoms. The largest absolute Gasteiger partial charge is 0.361 e. The molecule has 2 aliphatic heterocycles. The summed E-state index contributed by atoms with van der Waals surface area (Å²) in [5.74, 6) is 0.491. The number of carbonyl (C=O) groups is 2. The van der Waals surface area contributed by atoms with Gasteiger partial charge in [0.1, 0.15) is 6.54 Å². The lowest BCUT2D eigenvalue weighted by Gasteiger charge is -2.37. The number of anilines is 1. The van der Waals surface area contributed by atoms with Gasteiger partial charge in [-0.05, 0) is 54.5 Å². The van der Waals surface area contributed by atoms with Crippen molar-refractivity contribution in [2.45, 2.75) is 12.8 Å². The summed E-state index contributed by atoms with van der Waals surface area (Å²) in [7, 11) is 0. The maximum atomic E-state index is 13.5. The Balaban J connectivity index is 1.25. The summed E-state index contributed by atoms with van der Waals surface area (Å²) >= 11 is 0. The molecule has 0 aliphatic carbocycles. The fourth-order valence-corrected chi connectivity index (χ4v) is 5.08. The Hall–Kier alpha value is -3.16. The van der Waals surface area contributed by atoms with E-state index in [1.165, 1.54) is 0 Å². The molecule has 5 rings (SSSR count). The summed E-state index contributed by atoms with van der Waals surface area (Å²) in [5, 5.41) is 4.46. The van der Waals surface area contributed by atoms with E-state index < -0.39 is 0 Å². The lowest BCUT2D eigenvalue weighted by atomic mass is 9.96. The monoisotopic (exact) mass is 459 g/mol. The number of amides is 2. The number of H-pyrrole nitrogens is 1. The minimum Gasteiger partial charge on any atom is -0.361 e. The van der Waals surface area contributed by atoms with Gasteiger partial charge in [-0.1, -0.05) is 24.3 Å². The molecule has 3 aromatic rings. The predicted molar refractivity (Wildman–Crippen MR) is 135 cm³/mol. The van der Waals surface area contributed by atoms with E-state index in [1.54, 1.807) is 4.90 Å². The second-order valence-electron chi connectivity index (χ2n) is 9.38. The van der Waals surface area contributed by atoms with E-state index in [-0.39, 0.29) is 18.4 Å². The van der Waals surface area contributed by atoms with Gasteiger partial charge in [-0.15, -0.1) is 0 Å². The standard InChI is InChI=1S/C27H33N5O2/c33-26(31-14-9-21(10-15-31)19-30-16-12-28-13-17-30)20-32(24-4-2-1-3-5-24)27(34)23-7-6-22-8-11-29-25(22)18-23/h1-8,11,18,21,28-29H,9-10,12-17,19-20H2. The number of likely N-dealkylation sites (tertiary alicyclic amines) is 1. The number of carbonyl (C=O) groups excluding carboxylic acids is 2. The van der Waals surface area contributed by atoms with Gasteiger partial charge in [0.2, 0.25) is 5.91 Å². The molecular formula is C27H33N5O2. The SMILES string of the molecule is O=C(CN(C(=O)c1ccc2cc[nH]c2c1)c1ccccc1)N1CCC(CN2CCNCC2)CC1. The first-order chi connectivity index (χ1) is 16.7. The molecule has 2 aromatic carbocycles. The minimum absolute atomic E-state index is 0.0128. The molecule has 2 amide bonds. The van der Waals surface area contributed by atoms with Gasteiger partial charge in [-0.3, -0.25) is 14.5 Å². The van der Waals surface area contributed by atoms with Crippen molar-refractivity contribution in [2.75, 3.05) is 57.3 Å². The molecule has 2 saturated heterocycles. The highest BCUT2D eigenvalue weighted by molar-refractivity contribution is 6.10. The molecule has 2 fully saturated rings. The van der Waals surface area contributed by atoms with Crippen molar-refractivity contribution in [3.8, 4) is 0 Å². The highest BCUT2D eigenvalue weighted by atomic mass is 16.2. The lowest BCUT2D eigenvalue weighted by molar-refractivity contribution is -0.131. The topological polar surface area (TPSA) is 71.7 Å². The van der Waals surface area contributed by atoms with Crippen LogP contribution < -0.4 is 10.2 Å². The van der Waals surface area contributed by atoms with Crippen molar-refractivity contribution >= 4 is 28.4 Å². The van der Waals surface area contributed by atoms with Crippen molar-refractivity contribution in [1.82, 2.24) is 20.1 Å². The van der Waals surface area contributed by atoms with Crippen LogP contribution in [-0.2, 0) is 4.79 Å². The molecule has 0 unspecified atom stereocenters. The summed E-state index contributed by atoms with van der Waals surface area (Å²) < 4.78 is 0. The van der Waals surface area contributed by atoms with Crippen LogP contribution in [0.1, 0.15) is 23.2 Å². The third-order valence-corrected chi connectivity index (χ3v) is 7.10. The minimum atomic E-state index is -0.162. The first kappa shape index (κ1) is 22.6. The summed E-state index contributed by atoms with van der Waals surface area (Å²) in [5.41, 5.74) is 2.22. The highest BCUT2D eigenvalue weighted by Crippen LogP contribution is 2.22. The second-order valence-corrected chi connectivity index (χ2v) is 9.38. The number of benzene rings is 2. The fourth-order valence-electron chi connectivity index (χ4n) is 5.08. The van der Waals surface area contributed by atoms with Crippen LogP contribution in [0, 0.1) is 5.92 Å². The van der Waals surface area contributed by atoms with Crippen molar-refractivity contribution < 1.29 is 9.59 Å². The fraction of sp³-hybridized carbons (Fsp3) is 0.407. The number of aromatic amines is 1. The van der Waals surface area contributed by atoms with Gasteiger partial charge in [0.25, 0.3) is 5.91 Å². The Morgan fingerprint density at radius 1 is 0.941 bits per heavy atom. The van der Waals surface area contributed by atoms with Crippen LogP contribution in [0.2, 0.25) is 0 Å². The molecule has 7 nitrogen and oxygen atoms in total. The van der Waals surface area contributed by atoms with E-state index in [0.29, 0.717) is 11.5 Å². The van der Waals surface area contributed by atoms with Gasteiger partial charge >= 0.3 is 0 Å². The number of fused-ring (bicyclic) bond motifs is 1. The maximum absolute atomic E-state index is 13.5.